The van der Waals surface area contributed by atoms with Crippen molar-refractivity contribution in [1.82, 2.24) is 15.0 Å². The van der Waals surface area contributed by atoms with E-state index in [1.54, 1.807) is 24.3 Å². The number of sulfonamides is 1. The Hall–Kier alpha value is -3.25. The smallest absolute Gasteiger partial charge is 0.275 e. The maximum Gasteiger partial charge on any atom is 0.275 e. The van der Waals surface area contributed by atoms with Gasteiger partial charge in [-0.2, -0.15) is 0 Å². The zero-order valence-corrected chi connectivity index (χ0v) is 17.6. The van der Waals surface area contributed by atoms with Crippen molar-refractivity contribution >= 4 is 38.3 Å². The molecule has 168 valence electrons. The van der Waals surface area contributed by atoms with Gasteiger partial charge in [-0.05, 0) is 24.6 Å². The molecular formula is C20H20F2N6O3S. The van der Waals surface area contributed by atoms with Gasteiger partial charge >= 0.3 is 0 Å². The monoisotopic (exact) mass is 462 g/mol. The van der Waals surface area contributed by atoms with Crippen LogP contribution in [0.2, 0.25) is 0 Å². The van der Waals surface area contributed by atoms with Crippen molar-refractivity contribution < 1.29 is 22.0 Å². The zero-order chi connectivity index (χ0) is 22.9. The van der Waals surface area contributed by atoms with E-state index < -0.39 is 33.3 Å². The fourth-order valence-electron chi connectivity index (χ4n) is 3.59. The number of para-hydroxylation sites is 2. The topological polar surface area (TPSA) is 131 Å². The van der Waals surface area contributed by atoms with Gasteiger partial charge in [0.25, 0.3) is 15.9 Å². The molecule has 12 heteroatoms. The summed E-state index contributed by atoms with van der Waals surface area (Å²) in [5.74, 6) is -3.50. The van der Waals surface area contributed by atoms with Crippen LogP contribution in [0.25, 0.3) is 11.0 Å². The van der Waals surface area contributed by atoms with Crippen LogP contribution in [0.4, 0.5) is 20.2 Å². The van der Waals surface area contributed by atoms with E-state index in [4.69, 9.17) is 5.14 Å². The first kappa shape index (κ1) is 22.0. The number of alkyl halides is 2. The highest BCUT2D eigenvalue weighted by Crippen LogP contribution is 2.36. The Labute approximate surface area is 182 Å². The summed E-state index contributed by atoms with van der Waals surface area (Å²) in [7, 11) is -4.29. The van der Waals surface area contributed by atoms with Gasteiger partial charge in [0.1, 0.15) is 11.4 Å². The van der Waals surface area contributed by atoms with Gasteiger partial charge in [0.2, 0.25) is 5.92 Å². The third-order valence-electron chi connectivity index (χ3n) is 5.12. The van der Waals surface area contributed by atoms with Gasteiger partial charge in [0.15, 0.2) is 5.03 Å². The van der Waals surface area contributed by atoms with Crippen molar-refractivity contribution in [2.45, 2.75) is 30.2 Å². The second kappa shape index (κ2) is 8.36. The molecule has 1 saturated heterocycles. The average molecular weight is 462 g/mol. The van der Waals surface area contributed by atoms with Gasteiger partial charge in [0.05, 0.1) is 22.9 Å². The second-order valence-corrected chi connectivity index (χ2v) is 8.93. The molecule has 0 aliphatic carbocycles. The van der Waals surface area contributed by atoms with Crippen molar-refractivity contribution in [2.75, 3.05) is 23.3 Å². The Morgan fingerprint density at radius 3 is 2.59 bits per heavy atom. The van der Waals surface area contributed by atoms with E-state index in [1.165, 1.54) is 23.4 Å². The fraction of sp³-hybridized carbons (Fsp3) is 0.300. The normalized spacial score (nSPS) is 16.5. The molecule has 1 aromatic carbocycles. The molecule has 0 atom stereocenters. The lowest BCUT2D eigenvalue weighted by atomic mass is 10.1. The molecule has 4 rings (SSSR count). The molecule has 0 radical (unpaired) electrons. The fourth-order valence-corrected chi connectivity index (χ4v) is 4.31. The number of carbonyl (C=O) groups excluding carboxylic acids is 1. The summed E-state index contributed by atoms with van der Waals surface area (Å²) in [6.07, 6.45) is 1.83. The van der Waals surface area contributed by atoms with Crippen molar-refractivity contribution in [1.29, 1.82) is 0 Å². The van der Waals surface area contributed by atoms with E-state index in [-0.39, 0.29) is 43.0 Å². The number of halogens is 2. The third kappa shape index (κ3) is 4.65. The Balaban J connectivity index is 1.72. The maximum absolute atomic E-state index is 13.9. The molecular weight excluding hydrogens is 442 g/mol. The van der Waals surface area contributed by atoms with Gasteiger partial charge < -0.3 is 10.2 Å². The highest BCUT2D eigenvalue weighted by Gasteiger charge is 2.34. The van der Waals surface area contributed by atoms with Crippen LogP contribution in [0, 0.1) is 0 Å². The molecule has 3 N–H and O–H groups in total. The Bertz CT molecular complexity index is 1290. The molecule has 0 unspecified atom stereocenters. The van der Waals surface area contributed by atoms with Crippen LogP contribution in [-0.2, 0) is 10.0 Å². The van der Waals surface area contributed by atoms with Crippen molar-refractivity contribution in [2.24, 2.45) is 5.14 Å². The summed E-state index contributed by atoms with van der Waals surface area (Å²) in [6.45, 7) is 0.0301. The molecule has 1 aliphatic heterocycles. The van der Waals surface area contributed by atoms with E-state index in [2.05, 4.69) is 20.3 Å². The molecule has 3 heterocycles. The number of carbonyl (C=O) groups is 1. The quantitative estimate of drug-likeness (QED) is 0.609. The second-order valence-electron chi connectivity index (χ2n) is 7.45. The average Bonchev–Trinajstić information content (AvgIpc) is 2.93. The molecule has 3 aromatic rings. The van der Waals surface area contributed by atoms with Crippen LogP contribution >= 0.6 is 0 Å². The highest BCUT2D eigenvalue weighted by molar-refractivity contribution is 7.89. The van der Waals surface area contributed by atoms with Crippen molar-refractivity contribution in [3.63, 3.8) is 0 Å². The molecule has 1 amide bonds. The van der Waals surface area contributed by atoms with E-state index in [0.717, 1.165) is 0 Å². The molecule has 0 spiro atoms. The van der Waals surface area contributed by atoms with Crippen LogP contribution in [0.3, 0.4) is 0 Å². The van der Waals surface area contributed by atoms with Crippen LogP contribution in [-0.4, -0.2) is 48.3 Å². The summed E-state index contributed by atoms with van der Waals surface area (Å²) in [5, 5.41) is 7.45. The highest BCUT2D eigenvalue weighted by atomic mass is 32.2. The third-order valence-corrected chi connectivity index (χ3v) is 5.96. The Morgan fingerprint density at radius 1 is 1.09 bits per heavy atom. The first-order valence-electron chi connectivity index (χ1n) is 9.82. The minimum atomic E-state index is -4.29. The lowest BCUT2D eigenvalue weighted by molar-refractivity contribution is -0.0102. The number of benzene rings is 1. The van der Waals surface area contributed by atoms with Gasteiger partial charge in [-0.3, -0.25) is 9.78 Å². The van der Waals surface area contributed by atoms with Gasteiger partial charge in [-0.15, -0.1) is 0 Å². The number of hydrogen-bond donors (Lipinski definition) is 2. The number of anilines is 2. The van der Waals surface area contributed by atoms with E-state index in [9.17, 15) is 22.0 Å². The number of nitrogens with one attached hydrogen (secondary N) is 1. The number of rotatable bonds is 4. The Morgan fingerprint density at radius 2 is 1.84 bits per heavy atom. The first-order chi connectivity index (χ1) is 15.1. The summed E-state index contributed by atoms with van der Waals surface area (Å²) in [6, 6.07) is 8.39. The minimum Gasteiger partial charge on any atom is -0.367 e. The predicted molar refractivity (Wildman–Crippen MR) is 114 cm³/mol. The van der Waals surface area contributed by atoms with E-state index in [0.29, 0.717) is 11.0 Å². The van der Waals surface area contributed by atoms with Crippen LogP contribution in [0.1, 0.15) is 29.8 Å². The molecule has 1 aliphatic rings. The van der Waals surface area contributed by atoms with Crippen LogP contribution in [0.15, 0.2) is 47.8 Å². The molecule has 1 fully saturated rings. The number of primary sulfonamides is 1. The molecule has 0 bridgehead atoms. The molecule has 9 nitrogen and oxygen atoms in total. The Kier molecular flexibility index (Phi) is 5.73. The number of pyridine rings is 1. The number of hydrogen-bond acceptors (Lipinski definition) is 7. The number of aromatic nitrogens is 3. The summed E-state index contributed by atoms with van der Waals surface area (Å²) in [5.41, 5.74) is 1.18. The standard InChI is InChI=1S/C20H20F2N6O3S/c21-20(22)7-3-10-28(11-8-20)17-15(6-9-24-19(17)32(23,30)31)27-18(29)16-12-25-13-4-1-2-5-14(13)26-16/h1-2,4-6,9,12H,3,7-8,10-11H2,(H2,23,30,31)(H,24,27,29). The number of fused-ring (bicyclic) bond motifs is 1. The number of nitrogens with zero attached hydrogens (tertiary/aromatic N) is 4. The SMILES string of the molecule is NS(=O)(=O)c1nccc(NC(=O)c2cnc3ccccc3n2)c1N1CCCC(F)(F)CC1. The summed E-state index contributed by atoms with van der Waals surface area (Å²) < 4.78 is 52.1. The van der Waals surface area contributed by atoms with Gasteiger partial charge in [-0.25, -0.2) is 32.3 Å². The summed E-state index contributed by atoms with van der Waals surface area (Å²) in [4.78, 5) is 26.7. The predicted octanol–water partition coefficient (Wildman–Crippen LogP) is 2.55. The van der Waals surface area contributed by atoms with E-state index >= 15 is 0 Å². The van der Waals surface area contributed by atoms with E-state index in [1.807, 2.05) is 0 Å². The molecule has 2 aromatic heterocycles. The number of amides is 1. The number of nitrogens with two attached hydrogens (primary N) is 1. The minimum absolute atomic E-state index is 0.00557. The van der Waals surface area contributed by atoms with Gasteiger partial charge in [0, 0.05) is 32.1 Å². The zero-order valence-electron chi connectivity index (χ0n) is 16.8. The van der Waals surface area contributed by atoms with Crippen LogP contribution < -0.4 is 15.4 Å². The maximum atomic E-state index is 13.9. The van der Waals surface area contributed by atoms with Crippen molar-refractivity contribution in [3.8, 4) is 0 Å². The molecule has 32 heavy (non-hydrogen) atoms. The molecule has 0 saturated carbocycles. The lowest BCUT2D eigenvalue weighted by Crippen LogP contribution is -2.30. The van der Waals surface area contributed by atoms with Gasteiger partial charge in [-0.1, -0.05) is 12.1 Å². The summed E-state index contributed by atoms with van der Waals surface area (Å²) >= 11 is 0. The lowest BCUT2D eigenvalue weighted by Gasteiger charge is -2.26. The largest absolute Gasteiger partial charge is 0.367 e. The van der Waals surface area contributed by atoms with Crippen LogP contribution in [0.5, 0.6) is 0 Å². The van der Waals surface area contributed by atoms with Crippen molar-refractivity contribution in [3.05, 3.63) is 48.4 Å². The first-order valence-corrected chi connectivity index (χ1v) is 11.4.